The molecule has 84 valence electrons. The van der Waals surface area contributed by atoms with E-state index in [0.29, 0.717) is 6.42 Å². The maximum absolute atomic E-state index is 9.91. The van der Waals surface area contributed by atoms with Crippen LogP contribution in [0.1, 0.15) is 19.4 Å². The first-order valence-corrected chi connectivity index (χ1v) is 4.97. The molecule has 0 saturated heterocycles. The highest BCUT2D eigenvalue weighted by molar-refractivity contribution is 5.26. The summed E-state index contributed by atoms with van der Waals surface area (Å²) in [7, 11) is 1.58. The van der Waals surface area contributed by atoms with Gasteiger partial charge in [0, 0.05) is 13.5 Å². The van der Waals surface area contributed by atoms with E-state index in [1.54, 1.807) is 31.4 Å². The second-order valence-corrected chi connectivity index (χ2v) is 4.19. The highest BCUT2D eigenvalue weighted by Gasteiger charge is 2.27. The number of aliphatic hydroxyl groups is 1. The van der Waals surface area contributed by atoms with Gasteiger partial charge in [0.1, 0.15) is 5.75 Å². The van der Waals surface area contributed by atoms with Crippen molar-refractivity contribution in [3.05, 3.63) is 29.8 Å². The smallest absolute Gasteiger partial charge is 0.115 e. The summed E-state index contributed by atoms with van der Waals surface area (Å²) in [5, 5.41) is 19.0. The topological polar surface area (TPSA) is 49.7 Å². The number of methoxy groups -OCH3 is 1. The number of aliphatic hydroxyl groups excluding tert-OH is 1. The van der Waals surface area contributed by atoms with Crippen molar-refractivity contribution in [2.45, 2.75) is 32.0 Å². The summed E-state index contributed by atoms with van der Waals surface area (Å²) in [4.78, 5) is 0. The van der Waals surface area contributed by atoms with Crippen LogP contribution in [0.3, 0.4) is 0 Å². The molecule has 0 aliphatic carbocycles. The van der Waals surface area contributed by atoms with E-state index in [-0.39, 0.29) is 5.75 Å². The lowest BCUT2D eigenvalue weighted by Gasteiger charge is -2.29. The van der Waals surface area contributed by atoms with E-state index in [9.17, 15) is 5.11 Å². The van der Waals surface area contributed by atoms with Crippen LogP contribution in [0.4, 0.5) is 0 Å². The molecule has 0 saturated carbocycles. The number of aromatic hydroxyl groups is 1. The highest BCUT2D eigenvalue weighted by Crippen LogP contribution is 2.19. The van der Waals surface area contributed by atoms with Crippen LogP contribution in [0.15, 0.2) is 24.3 Å². The molecule has 0 heterocycles. The summed E-state index contributed by atoms with van der Waals surface area (Å²) < 4.78 is 5.20. The van der Waals surface area contributed by atoms with Crippen LogP contribution in [-0.2, 0) is 11.2 Å². The fourth-order valence-electron chi connectivity index (χ4n) is 1.24. The van der Waals surface area contributed by atoms with E-state index >= 15 is 0 Å². The minimum Gasteiger partial charge on any atom is -0.508 e. The Labute approximate surface area is 90.3 Å². The predicted molar refractivity (Wildman–Crippen MR) is 58.9 cm³/mol. The molecule has 0 spiro atoms. The Morgan fingerprint density at radius 2 is 1.80 bits per heavy atom. The third kappa shape index (κ3) is 3.22. The number of ether oxygens (including phenoxy) is 1. The molecule has 0 radical (unpaired) electrons. The minimum absolute atomic E-state index is 0.235. The van der Waals surface area contributed by atoms with Crippen molar-refractivity contribution in [2.75, 3.05) is 7.11 Å². The standard InChI is InChI=1S/C12H18O3/c1-12(2,15-3)11(14)8-9-4-6-10(13)7-5-9/h4-7,11,13-14H,8H2,1-3H3. The Bertz CT molecular complexity index is 303. The Morgan fingerprint density at radius 3 is 2.27 bits per heavy atom. The maximum atomic E-state index is 9.91. The van der Waals surface area contributed by atoms with Gasteiger partial charge in [0.25, 0.3) is 0 Å². The summed E-state index contributed by atoms with van der Waals surface area (Å²) >= 11 is 0. The van der Waals surface area contributed by atoms with Crippen molar-refractivity contribution in [3.63, 3.8) is 0 Å². The van der Waals surface area contributed by atoms with Crippen LogP contribution in [0.25, 0.3) is 0 Å². The molecule has 15 heavy (non-hydrogen) atoms. The quantitative estimate of drug-likeness (QED) is 0.795. The monoisotopic (exact) mass is 210 g/mol. The Balaban J connectivity index is 2.66. The Kier molecular flexibility index (Phi) is 3.72. The van der Waals surface area contributed by atoms with Crippen LogP contribution >= 0.6 is 0 Å². The third-order valence-corrected chi connectivity index (χ3v) is 2.69. The van der Waals surface area contributed by atoms with Crippen LogP contribution in [0.5, 0.6) is 5.75 Å². The number of rotatable bonds is 4. The fraction of sp³-hybridized carbons (Fsp3) is 0.500. The first kappa shape index (κ1) is 12.0. The molecule has 0 aliphatic heterocycles. The maximum Gasteiger partial charge on any atom is 0.115 e. The van der Waals surface area contributed by atoms with Crippen LogP contribution in [0, 0.1) is 0 Å². The van der Waals surface area contributed by atoms with Gasteiger partial charge in [-0.25, -0.2) is 0 Å². The number of phenolic OH excluding ortho intramolecular Hbond substituents is 1. The molecule has 1 rings (SSSR count). The van der Waals surface area contributed by atoms with Crippen molar-refractivity contribution in [1.82, 2.24) is 0 Å². The zero-order chi connectivity index (χ0) is 11.5. The third-order valence-electron chi connectivity index (χ3n) is 2.69. The van der Waals surface area contributed by atoms with Gasteiger partial charge < -0.3 is 14.9 Å². The van der Waals surface area contributed by atoms with Gasteiger partial charge in [0.2, 0.25) is 0 Å². The number of phenols is 1. The lowest BCUT2D eigenvalue weighted by molar-refractivity contribution is -0.0764. The first-order chi connectivity index (χ1) is 6.95. The number of hydrogen-bond acceptors (Lipinski definition) is 3. The molecule has 0 amide bonds. The molecule has 0 aromatic heterocycles. The molecule has 2 N–H and O–H groups in total. The van der Waals surface area contributed by atoms with Gasteiger partial charge >= 0.3 is 0 Å². The largest absolute Gasteiger partial charge is 0.508 e. The fourth-order valence-corrected chi connectivity index (χ4v) is 1.24. The van der Waals surface area contributed by atoms with Crippen molar-refractivity contribution >= 4 is 0 Å². The van der Waals surface area contributed by atoms with Crippen LogP contribution in [-0.4, -0.2) is 29.0 Å². The summed E-state index contributed by atoms with van der Waals surface area (Å²) in [6.45, 7) is 3.69. The van der Waals surface area contributed by atoms with Gasteiger partial charge in [-0.2, -0.15) is 0 Å². The molecule has 0 fully saturated rings. The van der Waals surface area contributed by atoms with Gasteiger partial charge in [-0.05, 0) is 31.5 Å². The molecule has 3 heteroatoms. The van der Waals surface area contributed by atoms with Gasteiger partial charge in [-0.3, -0.25) is 0 Å². The van der Waals surface area contributed by atoms with Crippen LogP contribution in [0.2, 0.25) is 0 Å². The van der Waals surface area contributed by atoms with Crippen molar-refractivity contribution in [3.8, 4) is 5.75 Å². The molecular formula is C12H18O3. The molecule has 0 bridgehead atoms. The molecule has 1 aromatic carbocycles. The summed E-state index contributed by atoms with van der Waals surface area (Å²) in [5.41, 5.74) is 0.420. The lowest BCUT2D eigenvalue weighted by Crippen LogP contribution is -2.39. The van der Waals surface area contributed by atoms with Crippen molar-refractivity contribution in [1.29, 1.82) is 0 Å². The van der Waals surface area contributed by atoms with Crippen molar-refractivity contribution < 1.29 is 14.9 Å². The average molecular weight is 210 g/mol. The summed E-state index contributed by atoms with van der Waals surface area (Å²) in [6, 6.07) is 6.82. The van der Waals surface area contributed by atoms with Gasteiger partial charge in [0.05, 0.1) is 11.7 Å². The summed E-state index contributed by atoms with van der Waals surface area (Å²) in [6.07, 6.45) is -0.0479. The van der Waals surface area contributed by atoms with Gasteiger partial charge in [0.15, 0.2) is 0 Å². The zero-order valence-electron chi connectivity index (χ0n) is 9.40. The van der Waals surface area contributed by atoms with E-state index in [1.807, 2.05) is 13.8 Å². The molecule has 3 nitrogen and oxygen atoms in total. The predicted octanol–water partition coefficient (Wildman–Crippen LogP) is 1.72. The van der Waals surface area contributed by atoms with Crippen molar-refractivity contribution in [2.24, 2.45) is 0 Å². The molecule has 0 aliphatic rings. The molecule has 1 aromatic rings. The number of benzene rings is 1. The average Bonchev–Trinajstić information content (AvgIpc) is 2.21. The molecular weight excluding hydrogens is 192 g/mol. The lowest BCUT2D eigenvalue weighted by atomic mass is 9.95. The molecule has 1 atom stereocenters. The second-order valence-electron chi connectivity index (χ2n) is 4.19. The summed E-state index contributed by atoms with van der Waals surface area (Å²) in [5.74, 6) is 0.235. The van der Waals surface area contributed by atoms with Gasteiger partial charge in [-0.1, -0.05) is 12.1 Å². The highest BCUT2D eigenvalue weighted by atomic mass is 16.5. The zero-order valence-corrected chi connectivity index (χ0v) is 9.40. The molecule has 1 unspecified atom stereocenters. The minimum atomic E-state index is -0.563. The first-order valence-electron chi connectivity index (χ1n) is 4.97. The van der Waals surface area contributed by atoms with E-state index in [2.05, 4.69) is 0 Å². The SMILES string of the molecule is COC(C)(C)C(O)Cc1ccc(O)cc1. The van der Waals surface area contributed by atoms with E-state index in [4.69, 9.17) is 9.84 Å². The van der Waals surface area contributed by atoms with E-state index in [0.717, 1.165) is 5.56 Å². The van der Waals surface area contributed by atoms with Crippen LogP contribution < -0.4 is 0 Å². The number of hydrogen-bond donors (Lipinski definition) is 2. The van der Waals surface area contributed by atoms with E-state index in [1.165, 1.54) is 0 Å². The normalized spacial score (nSPS) is 13.9. The Morgan fingerprint density at radius 1 is 1.27 bits per heavy atom. The van der Waals surface area contributed by atoms with E-state index < -0.39 is 11.7 Å². The Hall–Kier alpha value is -1.06. The second kappa shape index (κ2) is 4.64. The van der Waals surface area contributed by atoms with Gasteiger partial charge in [-0.15, -0.1) is 0 Å².